The van der Waals surface area contributed by atoms with Crippen LogP contribution in [0.1, 0.15) is 28.3 Å². The summed E-state index contributed by atoms with van der Waals surface area (Å²) in [6.45, 7) is 1.44. The fourth-order valence-electron chi connectivity index (χ4n) is 3.54. The van der Waals surface area contributed by atoms with Gasteiger partial charge in [0.2, 0.25) is 5.91 Å². The first-order valence-electron chi connectivity index (χ1n) is 10.4. The molecule has 2 aromatic heterocycles. The molecule has 1 fully saturated rings. The number of furan rings is 1. The van der Waals surface area contributed by atoms with Gasteiger partial charge in [0.15, 0.2) is 0 Å². The zero-order valence-corrected chi connectivity index (χ0v) is 18.2. The fourth-order valence-corrected chi connectivity index (χ4v) is 4.23. The average molecular weight is 453 g/mol. The van der Waals surface area contributed by atoms with Gasteiger partial charge < -0.3 is 25.3 Å². The second-order valence-corrected chi connectivity index (χ2v) is 8.45. The van der Waals surface area contributed by atoms with E-state index >= 15 is 0 Å². The number of anilines is 2. The van der Waals surface area contributed by atoms with Gasteiger partial charge in [-0.25, -0.2) is 4.79 Å². The van der Waals surface area contributed by atoms with Gasteiger partial charge in [0.25, 0.3) is 5.91 Å². The number of benzene rings is 1. The lowest BCUT2D eigenvalue weighted by Crippen LogP contribution is -2.41. The molecule has 1 aliphatic heterocycles. The minimum Gasteiger partial charge on any atom is -0.467 e. The Morgan fingerprint density at radius 3 is 2.31 bits per heavy atom. The second-order valence-electron chi connectivity index (χ2n) is 7.50. The van der Waals surface area contributed by atoms with Crippen molar-refractivity contribution in [2.75, 3.05) is 23.7 Å². The van der Waals surface area contributed by atoms with Gasteiger partial charge in [0.05, 0.1) is 17.7 Å². The highest BCUT2D eigenvalue weighted by Crippen LogP contribution is 2.23. The molecule has 0 bridgehead atoms. The van der Waals surface area contributed by atoms with Crippen LogP contribution in [0.15, 0.2) is 64.6 Å². The molecular weight excluding hydrogens is 428 g/mol. The van der Waals surface area contributed by atoms with Crippen molar-refractivity contribution in [2.24, 2.45) is 5.92 Å². The fraction of sp³-hybridized carbons (Fsp3) is 0.261. The summed E-state index contributed by atoms with van der Waals surface area (Å²) in [4.78, 5) is 39.6. The number of rotatable bonds is 6. The number of nitrogens with one attached hydrogen (secondary N) is 3. The van der Waals surface area contributed by atoms with Crippen LogP contribution in [0, 0.1) is 5.92 Å². The van der Waals surface area contributed by atoms with Gasteiger partial charge in [-0.1, -0.05) is 6.07 Å². The molecule has 9 heteroatoms. The standard InChI is InChI=1S/C23H24N4O4S/c28-21(16-9-11-27(12-10-16)22(29)20-4-2-14-32-20)25-17-5-7-18(8-6-17)26-23(30)24-15-19-3-1-13-31-19/h1-8,13-14,16H,9-12,15H2,(H,25,28)(H2,24,26,30). The second kappa shape index (κ2) is 10.1. The number of hydrogen-bond acceptors (Lipinski definition) is 5. The molecule has 1 aliphatic rings. The van der Waals surface area contributed by atoms with E-state index in [2.05, 4.69) is 16.0 Å². The third-order valence-electron chi connectivity index (χ3n) is 5.30. The van der Waals surface area contributed by atoms with Gasteiger partial charge in [-0.3, -0.25) is 9.59 Å². The Bertz CT molecular complexity index is 1040. The number of piperidine rings is 1. The van der Waals surface area contributed by atoms with Gasteiger partial charge in [0, 0.05) is 30.4 Å². The number of thiophene rings is 1. The highest BCUT2D eigenvalue weighted by Gasteiger charge is 2.28. The molecular formula is C23H24N4O4S. The number of likely N-dealkylation sites (tertiary alicyclic amines) is 1. The smallest absolute Gasteiger partial charge is 0.319 e. The predicted octanol–water partition coefficient (Wildman–Crippen LogP) is 4.15. The summed E-state index contributed by atoms with van der Waals surface area (Å²) in [6, 6.07) is 13.8. The van der Waals surface area contributed by atoms with Crippen LogP contribution in [-0.4, -0.2) is 35.8 Å². The van der Waals surface area contributed by atoms with E-state index in [1.807, 2.05) is 22.4 Å². The Labute approximate surface area is 189 Å². The van der Waals surface area contributed by atoms with Crippen LogP contribution in [0.2, 0.25) is 0 Å². The Kier molecular flexibility index (Phi) is 6.86. The maximum Gasteiger partial charge on any atom is 0.319 e. The van der Waals surface area contributed by atoms with Crippen molar-refractivity contribution in [3.63, 3.8) is 0 Å². The highest BCUT2D eigenvalue weighted by atomic mass is 32.1. The predicted molar refractivity (Wildman–Crippen MR) is 123 cm³/mol. The molecule has 0 spiro atoms. The topological polar surface area (TPSA) is 104 Å². The van der Waals surface area contributed by atoms with E-state index in [1.54, 1.807) is 42.7 Å². The third-order valence-corrected chi connectivity index (χ3v) is 6.16. The summed E-state index contributed by atoms with van der Waals surface area (Å²) in [5.74, 6) is 0.521. The van der Waals surface area contributed by atoms with E-state index < -0.39 is 0 Å². The maximum atomic E-state index is 12.6. The zero-order chi connectivity index (χ0) is 22.3. The van der Waals surface area contributed by atoms with Gasteiger partial charge in [-0.15, -0.1) is 11.3 Å². The summed E-state index contributed by atoms with van der Waals surface area (Å²) in [7, 11) is 0. The molecule has 3 heterocycles. The molecule has 166 valence electrons. The summed E-state index contributed by atoms with van der Waals surface area (Å²) in [6.07, 6.45) is 2.83. The van der Waals surface area contributed by atoms with E-state index in [4.69, 9.17) is 4.42 Å². The minimum absolute atomic E-state index is 0.0372. The normalized spacial score (nSPS) is 14.1. The number of nitrogens with zero attached hydrogens (tertiary/aromatic N) is 1. The monoisotopic (exact) mass is 452 g/mol. The Morgan fingerprint density at radius 2 is 1.69 bits per heavy atom. The van der Waals surface area contributed by atoms with Crippen LogP contribution in [0.25, 0.3) is 0 Å². The first-order chi connectivity index (χ1) is 15.6. The summed E-state index contributed by atoms with van der Waals surface area (Å²) < 4.78 is 5.17. The molecule has 0 atom stereocenters. The Balaban J connectivity index is 1.21. The van der Waals surface area contributed by atoms with Gasteiger partial charge >= 0.3 is 6.03 Å². The number of urea groups is 1. The van der Waals surface area contributed by atoms with E-state index in [-0.39, 0.29) is 23.8 Å². The van der Waals surface area contributed by atoms with Gasteiger partial charge in [-0.05, 0) is 60.7 Å². The lowest BCUT2D eigenvalue weighted by atomic mass is 9.95. The molecule has 0 aliphatic carbocycles. The van der Waals surface area contributed by atoms with Crippen LogP contribution in [0.4, 0.5) is 16.2 Å². The molecule has 1 saturated heterocycles. The van der Waals surface area contributed by atoms with Crippen LogP contribution in [-0.2, 0) is 11.3 Å². The van der Waals surface area contributed by atoms with Crippen molar-refractivity contribution in [3.8, 4) is 0 Å². The van der Waals surface area contributed by atoms with Crippen molar-refractivity contribution in [1.82, 2.24) is 10.2 Å². The average Bonchev–Trinajstić information content (AvgIpc) is 3.53. The lowest BCUT2D eigenvalue weighted by molar-refractivity contribution is -0.121. The molecule has 4 rings (SSSR count). The Hall–Kier alpha value is -3.59. The third kappa shape index (κ3) is 5.55. The Morgan fingerprint density at radius 1 is 0.969 bits per heavy atom. The molecule has 0 unspecified atom stereocenters. The van der Waals surface area contributed by atoms with Gasteiger partial charge in [0.1, 0.15) is 5.76 Å². The molecule has 3 N–H and O–H groups in total. The first-order valence-corrected chi connectivity index (χ1v) is 11.3. The highest BCUT2D eigenvalue weighted by molar-refractivity contribution is 7.12. The SMILES string of the molecule is O=C(NCc1ccco1)Nc1ccc(NC(=O)C2CCN(C(=O)c3cccs3)CC2)cc1. The van der Waals surface area contributed by atoms with Crippen LogP contribution in [0.5, 0.6) is 0 Å². The molecule has 32 heavy (non-hydrogen) atoms. The van der Waals surface area contributed by atoms with Crippen molar-refractivity contribution in [3.05, 3.63) is 70.8 Å². The number of hydrogen-bond donors (Lipinski definition) is 3. The van der Waals surface area contributed by atoms with Crippen molar-refractivity contribution in [1.29, 1.82) is 0 Å². The zero-order valence-electron chi connectivity index (χ0n) is 17.4. The van der Waals surface area contributed by atoms with Crippen molar-refractivity contribution >= 4 is 40.6 Å². The minimum atomic E-state index is -0.345. The van der Waals surface area contributed by atoms with E-state index in [0.717, 1.165) is 4.88 Å². The van der Waals surface area contributed by atoms with Crippen LogP contribution >= 0.6 is 11.3 Å². The summed E-state index contributed by atoms with van der Waals surface area (Å²) in [5, 5.41) is 10.3. The summed E-state index contributed by atoms with van der Waals surface area (Å²) in [5.41, 5.74) is 1.27. The molecule has 0 saturated carbocycles. The quantitative estimate of drug-likeness (QED) is 0.523. The molecule has 1 aromatic carbocycles. The molecule has 8 nitrogen and oxygen atoms in total. The largest absolute Gasteiger partial charge is 0.467 e. The lowest BCUT2D eigenvalue weighted by Gasteiger charge is -2.31. The molecule has 0 radical (unpaired) electrons. The number of amides is 4. The molecule has 4 amide bonds. The van der Waals surface area contributed by atoms with Crippen LogP contribution < -0.4 is 16.0 Å². The first kappa shape index (κ1) is 21.6. The van der Waals surface area contributed by atoms with Crippen molar-refractivity contribution in [2.45, 2.75) is 19.4 Å². The number of carbonyl (C=O) groups excluding carboxylic acids is 3. The van der Waals surface area contributed by atoms with E-state index in [0.29, 0.717) is 49.6 Å². The number of carbonyl (C=O) groups is 3. The van der Waals surface area contributed by atoms with Crippen molar-refractivity contribution < 1.29 is 18.8 Å². The van der Waals surface area contributed by atoms with Gasteiger partial charge in [-0.2, -0.15) is 0 Å². The van der Waals surface area contributed by atoms with E-state index in [1.165, 1.54) is 11.3 Å². The van der Waals surface area contributed by atoms with Crippen LogP contribution in [0.3, 0.4) is 0 Å². The molecule has 3 aromatic rings. The summed E-state index contributed by atoms with van der Waals surface area (Å²) >= 11 is 1.44. The van der Waals surface area contributed by atoms with E-state index in [9.17, 15) is 14.4 Å². The maximum absolute atomic E-state index is 12.6.